The Labute approximate surface area is 98.7 Å². The average Bonchev–Trinajstić information content (AvgIpc) is 2.66. The summed E-state index contributed by atoms with van der Waals surface area (Å²) in [6.07, 6.45) is 3.83. The maximum Gasteiger partial charge on any atom is 0.217 e. The number of nitrogens with zero attached hydrogens (tertiary/aromatic N) is 1. The number of H-pyrrole nitrogens is 1. The van der Waals surface area contributed by atoms with Crippen molar-refractivity contribution in [2.75, 3.05) is 12.3 Å². The molecule has 1 amide bonds. The summed E-state index contributed by atoms with van der Waals surface area (Å²) in [7, 11) is 0. The molecule has 88 valence electrons. The van der Waals surface area contributed by atoms with Crippen LogP contribution in [0.3, 0.4) is 0 Å². The molecule has 1 aromatic carbocycles. The lowest BCUT2D eigenvalue weighted by Crippen LogP contribution is -2.19. The van der Waals surface area contributed by atoms with Crippen LogP contribution in [0, 0.1) is 0 Å². The molecular formula is C12H14N4O. The SMILES string of the molecule is CC(=O)NCC=Cc1ccc2c(N)n[nH]c2c1. The van der Waals surface area contributed by atoms with Crippen molar-refractivity contribution in [3.8, 4) is 0 Å². The van der Waals surface area contributed by atoms with Crippen LogP contribution < -0.4 is 11.1 Å². The third-order valence-electron chi connectivity index (χ3n) is 2.40. The zero-order valence-corrected chi connectivity index (χ0v) is 9.53. The first-order chi connectivity index (χ1) is 8.16. The normalized spacial score (nSPS) is 11.1. The Balaban J connectivity index is 2.11. The highest BCUT2D eigenvalue weighted by atomic mass is 16.1. The topological polar surface area (TPSA) is 83.8 Å². The smallest absolute Gasteiger partial charge is 0.217 e. The summed E-state index contributed by atoms with van der Waals surface area (Å²) >= 11 is 0. The predicted molar refractivity (Wildman–Crippen MR) is 68.2 cm³/mol. The predicted octanol–water partition coefficient (Wildman–Crippen LogP) is 1.29. The molecule has 0 aliphatic heterocycles. The lowest BCUT2D eigenvalue weighted by molar-refractivity contribution is -0.118. The number of nitrogen functional groups attached to an aromatic ring is 1. The van der Waals surface area contributed by atoms with Crippen molar-refractivity contribution in [2.45, 2.75) is 6.92 Å². The van der Waals surface area contributed by atoms with Gasteiger partial charge in [-0.2, -0.15) is 5.10 Å². The number of amides is 1. The molecule has 2 aromatic rings. The van der Waals surface area contributed by atoms with Gasteiger partial charge in [-0.1, -0.05) is 18.2 Å². The summed E-state index contributed by atoms with van der Waals surface area (Å²) in [5, 5.41) is 10.4. The zero-order chi connectivity index (χ0) is 12.3. The molecular weight excluding hydrogens is 216 g/mol. The summed E-state index contributed by atoms with van der Waals surface area (Å²) in [5.74, 6) is 0.472. The van der Waals surface area contributed by atoms with Gasteiger partial charge in [0.2, 0.25) is 5.91 Å². The van der Waals surface area contributed by atoms with Gasteiger partial charge in [0.1, 0.15) is 0 Å². The van der Waals surface area contributed by atoms with Gasteiger partial charge in [0.15, 0.2) is 5.82 Å². The van der Waals surface area contributed by atoms with Crippen LogP contribution in [0.15, 0.2) is 24.3 Å². The number of carbonyl (C=O) groups excluding carboxylic acids is 1. The monoisotopic (exact) mass is 230 g/mol. The van der Waals surface area contributed by atoms with E-state index in [1.165, 1.54) is 6.92 Å². The number of aromatic amines is 1. The molecule has 0 spiro atoms. The van der Waals surface area contributed by atoms with Gasteiger partial charge in [0.05, 0.1) is 5.52 Å². The minimum Gasteiger partial charge on any atom is -0.382 e. The summed E-state index contributed by atoms with van der Waals surface area (Å²) < 4.78 is 0. The third kappa shape index (κ3) is 2.63. The number of nitrogens with two attached hydrogens (primary N) is 1. The lowest BCUT2D eigenvalue weighted by atomic mass is 10.1. The number of anilines is 1. The maximum absolute atomic E-state index is 10.7. The van der Waals surface area contributed by atoms with Crippen molar-refractivity contribution < 1.29 is 4.79 Å². The standard InChI is InChI=1S/C12H14N4O/c1-8(17)14-6-2-3-9-4-5-10-11(7-9)15-16-12(10)13/h2-5,7H,6H2,1H3,(H,14,17)(H3,13,15,16). The first kappa shape index (κ1) is 11.2. The van der Waals surface area contributed by atoms with E-state index in [0.717, 1.165) is 16.5 Å². The molecule has 0 radical (unpaired) electrons. The summed E-state index contributed by atoms with van der Waals surface area (Å²) in [6, 6.07) is 5.84. The van der Waals surface area contributed by atoms with E-state index >= 15 is 0 Å². The Morgan fingerprint density at radius 1 is 1.59 bits per heavy atom. The second kappa shape index (κ2) is 4.69. The van der Waals surface area contributed by atoms with Crippen LogP contribution in [0.1, 0.15) is 12.5 Å². The van der Waals surface area contributed by atoms with E-state index in [9.17, 15) is 4.79 Å². The van der Waals surface area contributed by atoms with Crippen molar-refractivity contribution in [3.05, 3.63) is 29.8 Å². The van der Waals surface area contributed by atoms with Gasteiger partial charge in [-0.15, -0.1) is 0 Å². The molecule has 1 aromatic heterocycles. The quantitative estimate of drug-likeness (QED) is 0.743. The summed E-state index contributed by atoms with van der Waals surface area (Å²) in [5.41, 5.74) is 7.61. The van der Waals surface area contributed by atoms with Crippen LogP contribution in [0.4, 0.5) is 5.82 Å². The average molecular weight is 230 g/mol. The number of nitrogens with one attached hydrogen (secondary N) is 2. The molecule has 5 heteroatoms. The first-order valence-electron chi connectivity index (χ1n) is 5.31. The number of carbonyl (C=O) groups is 1. The largest absolute Gasteiger partial charge is 0.382 e. The molecule has 0 aliphatic rings. The van der Waals surface area contributed by atoms with Crippen LogP contribution >= 0.6 is 0 Å². The number of hydrogen-bond donors (Lipinski definition) is 3. The van der Waals surface area contributed by atoms with E-state index < -0.39 is 0 Å². The number of benzene rings is 1. The van der Waals surface area contributed by atoms with Crippen molar-refractivity contribution in [1.29, 1.82) is 0 Å². The zero-order valence-electron chi connectivity index (χ0n) is 9.53. The van der Waals surface area contributed by atoms with Crippen LogP contribution in [0.2, 0.25) is 0 Å². The molecule has 0 atom stereocenters. The van der Waals surface area contributed by atoms with Crippen LogP contribution in [0.25, 0.3) is 17.0 Å². The van der Waals surface area contributed by atoms with E-state index in [0.29, 0.717) is 12.4 Å². The molecule has 1 heterocycles. The molecule has 5 nitrogen and oxygen atoms in total. The minimum atomic E-state index is -0.0357. The molecule has 17 heavy (non-hydrogen) atoms. The van der Waals surface area contributed by atoms with Gasteiger partial charge >= 0.3 is 0 Å². The van der Waals surface area contributed by atoms with Gasteiger partial charge in [0, 0.05) is 18.9 Å². The molecule has 0 unspecified atom stereocenters. The Kier molecular flexibility index (Phi) is 3.09. The van der Waals surface area contributed by atoms with Crippen LogP contribution in [-0.2, 0) is 4.79 Å². The molecule has 2 rings (SSSR count). The third-order valence-corrected chi connectivity index (χ3v) is 2.40. The highest BCUT2D eigenvalue weighted by molar-refractivity contribution is 5.89. The molecule has 0 saturated carbocycles. The fourth-order valence-corrected chi connectivity index (χ4v) is 1.56. The fourth-order valence-electron chi connectivity index (χ4n) is 1.56. The molecule has 0 aliphatic carbocycles. The first-order valence-corrected chi connectivity index (χ1v) is 5.31. The van der Waals surface area contributed by atoms with Gasteiger partial charge in [0.25, 0.3) is 0 Å². The van der Waals surface area contributed by atoms with Gasteiger partial charge < -0.3 is 11.1 Å². The van der Waals surface area contributed by atoms with Crippen molar-refractivity contribution in [2.24, 2.45) is 0 Å². The van der Waals surface area contributed by atoms with Crippen molar-refractivity contribution in [1.82, 2.24) is 15.5 Å². The Bertz CT molecular complexity index is 571. The van der Waals surface area contributed by atoms with Gasteiger partial charge in [-0.25, -0.2) is 0 Å². The number of rotatable bonds is 3. The summed E-state index contributed by atoms with van der Waals surface area (Å²) in [6.45, 7) is 2.02. The van der Waals surface area contributed by atoms with E-state index in [2.05, 4.69) is 15.5 Å². The molecule has 0 saturated heterocycles. The number of hydrogen-bond acceptors (Lipinski definition) is 3. The van der Waals surface area contributed by atoms with Crippen molar-refractivity contribution >= 4 is 28.7 Å². The number of aromatic nitrogens is 2. The number of fused-ring (bicyclic) bond motifs is 1. The van der Waals surface area contributed by atoms with E-state index in [1.54, 1.807) is 0 Å². The van der Waals surface area contributed by atoms with Gasteiger partial charge in [-0.05, 0) is 17.7 Å². The second-order valence-electron chi connectivity index (χ2n) is 3.75. The Morgan fingerprint density at radius 3 is 3.18 bits per heavy atom. The maximum atomic E-state index is 10.7. The fraction of sp³-hybridized carbons (Fsp3) is 0.167. The van der Waals surface area contributed by atoms with Crippen molar-refractivity contribution in [3.63, 3.8) is 0 Å². The molecule has 0 fully saturated rings. The van der Waals surface area contributed by atoms with E-state index in [1.807, 2.05) is 30.4 Å². The summed E-state index contributed by atoms with van der Waals surface area (Å²) in [4.78, 5) is 10.7. The highest BCUT2D eigenvalue weighted by Gasteiger charge is 2.00. The van der Waals surface area contributed by atoms with E-state index in [4.69, 9.17) is 5.73 Å². The highest BCUT2D eigenvalue weighted by Crippen LogP contribution is 2.19. The van der Waals surface area contributed by atoms with Gasteiger partial charge in [-0.3, -0.25) is 9.89 Å². The minimum absolute atomic E-state index is 0.0357. The Morgan fingerprint density at radius 2 is 2.41 bits per heavy atom. The molecule has 4 N–H and O–H groups in total. The second-order valence-corrected chi connectivity index (χ2v) is 3.75. The van der Waals surface area contributed by atoms with Crippen LogP contribution in [0.5, 0.6) is 0 Å². The Hall–Kier alpha value is -2.30. The lowest BCUT2D eigenvalue weighted by Gasteiger charge is -1.96. The van der Waals surface area contributed by atoms with Crippen LogP contribution in [-0.4, -0.2) is 22.6 Å². The molecule has 0 bridgehead atoms. The van der Waals surface area contributed by atoms with E-state index in [-0.39, 0.29) is 5.91 Å².